The van der Waals surface area contributed by atoms with E-state index in [4.69, 9.17) is 10.5 Å². The Balaban J connectivity index is 1.87. The fraction of sp³-hybridized carbons (Fsp3) is 0.417. The maximum atomic E-state index is 11.9. The van der Waals surface area contributed by atoms with Crippen molar-refractivity contribution >= 4 is 21.4 Å². The van der Waals surface area contributed by atoms with Gasteiger partial charge in [0.05, 0.1) is 17.2 Å². The quantitative estimate of drug-likeness (QED) is 0.783. The molecule has 1 amide bonds. The highest BCUT2D eigenvalue weighted by Crippen LogP contribution is 2.19. The lowest BCUT2D eigenvalue weighted by molar-refractivity contribution is -0.133. The number of sulfone groups is 1. The molecule has 1 aliphatic heterocycles. The molecule has 104 valence electrons. The predicted molar refractivity (Wildman–Crippen MR) is 71.6 cm³/mol. The smallest absolute Gasteiger partial charge is 0.260 e. The minimum Gasteiger partial charge on any atom is -0.482 e. The number of hydrogen-bond donors (Lipinski definition) is 1. The number of carbonyl (C=O) groups is 1. The number of para-hydroxylation sites is 2. The van der Waals surface area contributed by atoms with Gasteiger partial charge in [-0.25, -0.2) is 8.42 Å². The molecular formula is C12H16N2O4S. The van der Waals surface area contributed by atoms with Gasteiger partial charge in [-0.2, -0.15) is 0 Å². The minimum atomic E-state index is -2.98. The van der Waals surface area contributed by atoms with Crippen LogP contribution in [0.3, 0.4) is 0 Å². The molecule has 0 saturated carbocycles. The summed E-state index contributed by atoms with van der Waals surface area (Å²) < 4.78 is 27.9. The number of nitrogens with zero attached hydrogens (tertiary/aromatic N) is 1. The molecule has 0 spiro atoms. The molecule has 7 heteroatoms. The standard InChI is InChI=1S/C12H16N2O4S/c13-10-3-1-2-4-11(10)18-9-12(15)14-5-7-19(16,17)8-6-14/h1-4H,5-9,13H2. The third-order valence-corrected chi connectivity index (χ3v) is 4.58. The van der Waals surface area contributed by atoms with Crippen molar-refractivity contribution in [2.45, 2.75) is 0 Å². The van der Waals surface area contributed by atoms with E-state index in [-0.39, 0.29) is 37.1 Å². The minimum absolute atomic E-state index is 0.0201. The first-order chi connectivity index (χ1) is 8.98. The van der Waals surface area contributed by atoms with E-state index in [0.717, 1.165) is 0 Å². The number of amides is 1. The molecule has 0 radical (unpaired) electrons. The van der Waals surface area contributed by atoms with Crippen LogP contribution in [0.2, 0.25) is 0 Å². The maximum absolute atomic E-state index is 11.9. The topological polar surface area (TPSA) is 89.7 Å². The summed E-state index contributed by atoms with van der Waals surface area (Å²) in [5.41, 5.74) is 6.16. The van der Waals surface area contributed by atoms with E-state index in [0.29, 0.717) is 11.4 Å². The number of ether oxygens (including phenoxy) is 1. The van der Waals surface area contributed by atoms with Crippen molar-refractivity contribution in [3.05, 3.63) is 24.3 Å². The van der Waals surface area contributed by atoms with E-state index in [1.54, 1.807) is 24.3 Å². The number of hydrogen-bond acceptors (Lipinski definition) is 5. The lowest BCUT2D eigenvalue weighted by atomic mass is 10.3. The lowest BCUT2D eigenvalue weighted by Crippen LogP contribution is -2.45. The zero-order valence-corrected chi connectivity index (χ0v) is 11.2. The molecule has 0 aliphatic carbocycles. The molecule has 2 rings (SSSR count). The van der Waals surface area contributed by atoms with Gasteiger partial charge in [-0.05, 0) is 12.1 Å². The van der Waals surface area contributed by atoms with Crippen molar-refractivity contribution in [3.63, 3.8) is 0 Å². The zero-order valence-electron chi connectivity index (χ0n) is 10.4. The molecule has 1 saturated heterocycles. The SMILES string of the molecule is Nc1ccccc1OCC(=O)N1CCS(=O)(=O)CC1. The molecule has 19 heavy (non-hydrogen) atoms. The highest BCUT2D eigenvalue weighted by Gasteiger charge is 2.25. The first kappa shape index (κ1) is 13.7. The number of nitrogen functional groups attached to an aromatic ring is 1. The fourth-order valence-electron chi connectivity index (χ4n) is 1.80. The van der Waals surface area contributed by atoms with E-state index in [9.17, 15) is 13.2 Å². The van der Waals surface area contributed by atoms with Crippen LogP contribution in [0.5, 0.6) is 5.75 Å². The average Bonchev–Trinajstić information content (AvgIpc) is 2.37. The van der Waals surface area contributed by atoms with Crippen molar-refractivity contribution in [2.24, 2.45) is 0 Å². The summed E-state index contributed by atoms with van der Waals surface area (Å²) >= 11 is 0. The summed E-state index contributed by atoms with van der Waals surface area (Å²) in [5.74, 6) is 0.275. The Labute approximate surface area is 112 Å². The van der Waals surface area contributed by atoms with Gasteiger partial charge in [0.25, 0.3) is 5.91 Å². The third kappa shape index (κ3) is 3.60. The van der Waals surface area contributed by atoms with Crippen molar-refractivity contribution in [2.75, 3.05) is 36.9 Å². The van der Waals surface area contributed by atoms with Crippen LogP contribution in [0.4, 0.5) is 5.69 Å². The number of carbonyl (C=O) groups excluding carboxylic acids is 1. The van der Waals surface area contributed by atoms with E-state index in [1.165, 1.54) is 4.90 Å². The highest BCUT2D eigenvalue weighted by molar-refractivity contribution is 7.91. The van der Waals surface area contributed by atoms with Crippen LogP contribution in [-0.4, -0.2) is 50.4 Å². The third-order valence-electron chi connectivity index (χ3n) is 2.97. The molecule has 1 aliphatic rings. The molecule has 0 bridgehead atoms. The first-order valence-corrected chi connectivity index (χ1v) is 7.75. The number of anilines is 1. The second-order valence-corrected chi connectivity index (χ2v) is 6.66. The van der Waals surface area contributed by atoms with Crippen molar-refractivity contribution < 1.29 is 17.9 Å². The van der Waals surface area contributed by atoms with Crippen LogP contribution < -0.4 is 10.5 Å². The number of benzene rings is 1. The average molecular weight is 284 g/mol. The Morgan fingerprint density at radius 2 is 1.89 bits per heavy atom. The summed E-state index contributed by atoms with van der Waals surface area (Å²) in [7, 11) is -2.98. The van der Waals surface area contributed by atoms with E-state index in [2.05, 4.69) is 0 Å². The molecule has 1 aromatic rings. The zero-order chi connectivity index (χ0) is 13.9. The maximum Gasteiger partial charge on any atom is 0.260 e. The molecule has 1 aromatic carbocycles. The molecule has 0 aromatic heterocycles. The van der Waals surface area contributed by atoms with E-state index < -0.39 is 9.84 Å². The van der Waals surface area contributed by atoms with Crippen LogP contribution in [0.25, 0.3) is 0 Å². The molecule has 2 N–H and O–H groups in total. The van der Waals surface area contributed by atoms with Gasteiger partial charge in [0, 0.05) is 13.1 Å². The van der Waals surface area contributed by atoms with Gasteiger partial charge < -0.3 is 15.4 Å². The van der Waals surface area contributed by atoms with Gasteiger partial charge in [0.1, 0.15) is 5.75 Å². The molecule has 1 fully saturated rings. The van der Waals surface area contributed by atoms with Crippen molar-refractivity contribution in [3.8, 4) is 5.75 Å². The second kappa shape index (κ2) is 5.48. The normalized spacial score (nSPS) is 18.0. The summed E-state index contributed by atoms with van der Waals surface area (Å²) in [4.78, 5) is 13.4. The van der Waals surface area contributed by atoms with Gasteiger partial charge >= 0.3 is 0 Å². The van der Waals surface area contributed by atoms with Gasteiger partial charge in [-0.3, -0.25) is 4.79 Å². The molecule has 6 nitrogen and oxygen atoms in total. The van der Waals surface area contributed by atoms with E-state index >= 15 is 0 Å². The predicted octanol–water partition coefficient (Wildman–Crippen LogP) is -0.0954. The number of nitrogens with two attached hydrogens (primary N) is 1. The Kier molecular flexibility index (Phi) is 3.94. The molecular weight excluding hydrogens is 268 g/mol. The van der Waals surface area contributed by atoms with Crippen LogP contribution in [0, 0.1) is 0 Å². The first-order valence-electron chi connectivity index (χ1n) is 5.93. The van der Waals surface area contributed by atoms with Crippen molar-refractivity contribution in [1.82, 2.24) is 4.90 Å². The van der Waals surface area contributed by atoms with Gasteiger partial charge in [0.2, 0.25) is 0 Å². The molecule has 1 heterocycles. The van der Waals surface area contributed by atoms with Crippen LogP contribution >= 0.6 is 0 Å². The monoisotopic (exact) mass is 284 g/mol. The molecule has 0 unspecified atom stereocenters. The second-order valence-electron chi connectivity index (χ2n) is 4.36. The van der Waals surface area contributed by atoms with Gasteiger partial charge in [-0.1, -0.05) is 12.1 Å². The Hall–Kier alpha value is -1.76. The number of rotatable bonds is 3. The largest absolute Gasteiger partial charge is 0.482 e. The van der Waals surface area contributed by atoms with Crippen molar-refractivity contribution in [1.29, 1.82) is 0 Å². The Morgan fingerprint density at radius 3 is 2.53 bits per heavy atom. The highest BCUT2D eigenvalue weighted by atomic mass is 32.2. The van der Waals surface area contributed by atoms with Gasteiger partial charge in [0.15, 0.2) is 16.4 Å². The summed E-state index contributed by atoms with van der Waals surface area (Å²) in [5, 5.41) is 0. The van der Waals surface area contributed by atoms with Crippen LogP contribution in [0.15, 0.2) is 24.3 Å². The van der Waals surface area contributed by atoms with E-state index in [1.807, 2.05) is 0 Å². The van der Waals surface area contributed by atoms with Gasteiger partial charge in [-0.15, -0.1) is 0 Å². The van der Waals surface area contributed by atoms with Crippen LogP contribution in [0.1, 0.15) is 0 Å². The Bertz CT molecular complexity index is 557. The summed E-state index contributed by atoms with van der Waals surface area (Å²) in [6.07, 6.45) is 0. The molecule has 0 atom stereocenters. The lowest BCUT2D eigenvalue weighted by Gasteiger charge is -2.26. The summed E-state index contributed by atoms with van der Waals surface area (Å²) in [6.45, 7) is 0.331. The summed E-state index contributed by atoms with van der Waals surface area (Å²) in [6, 6.07) is 6.92. The van der Waals surface area contributed by atoms with Crippen LogP contribution in [-0.2, 0) is 14.6 Å². The fourth-order valence-corrected chi connectivity index (χ4v) is 3.01. The Morgan fingerprint density at radius 1 is 1.26 bits per heavy atom.